The van der Waals surface area contributed by atoms with Crippen LogP contribution in [0.25, 0.3) is 0 Å². The number of hydrogen-bond acceptors (Lipinski definition) is 4. The molecule has 7 heteroatoms. The lowest BCUT2D eigenvalue weighted by atomic mass is 9.97. The van der Waals surface area contributed by atoms with Gasteiger partial charge in [0, 0.05) is 31.5 Å². The first-order valence-corrected chi connectivity index (χ1v) is 9.12. The molecule has 2 heterocycles. The molecule has 2 amide bonds. The Morgan fingerprint density at radius 2 is 1.93 bits per heavy atom. The van der Waals surface area contributed by atoms with E-state index in [4.69, 9.17) is 4.74 Å². The van der Waals surface area contributed by atoms with Crippen molar-refractivity contribution in [3.63, 3.8) is 0 Å². The average molecular weight is 381 g/mol. The lowest BCUT2D eigenvalue weighted by Gasteiger charge is -2.37. The maximum Gasteiger partial charge on any atom is 0.272 e. The van der Waals surface area contributed by atoms with Crippen LogP contribution in [0, 0.1) is 5.82 Å². The number of likely N-dealkylation sites (tertiary alicyclic amines) is 1. The highest BCUT2D eigenvalue weighted by Crippen LogP contribution is 2.30. The first-order valence-electron chi connectivity index (χ1n) is 9.12. The Bertz CT molecular complexity index is 965. The zero-order chi connectivity index (χ0) is 19.7. The van der Waals surface area contributed by atoms with Gasteiger partial charge in [-0.15, -0.1) is 0 Å². The van der Waals surface area contributed by atoms with Gasteiger partial charge in [0.1, 0.15) is 22.9 Å². The Labute approximate surface area is 162 Å². The van der Waals surface area contributed by atoms with Crippen molar-refractivity contribution in [2.75, 3.05) is 20.2 Å². The number of nitrogens with zero attached hydrogens (tertiary/aromatic N) is 2. The Kier molecular flexibility index (Phi) is 4.58. The third kappa shape index (κ3) is 3.24. The highest BCUT2D eigenvalue weighted by molar-refractivity contribution is 6.46. The molecule has 0 saturated carbocycles. The predicted molar refractivity (Wildman–Crippen MR) is 102 cm³/mol. The van der Waals surface area contributed by atoms with Gasteiger partial charge in [-0.2, -0.15) is 0 Å². The summed E-state index contributed by atoms with van der Waals surface area (Å²) in [6, 6.07) is 13.2. The number of nitrogens with one attached hydrogen (secondary N) is 1. The van der Waals surface area contributed by atoms with Gasteiger partial charge >= 0.3 is 0 Å². The molecule has 0 atom stereocenters. The number of carbonyl (C=O) groups excluding carboxylic acids is 2. The summed E-state index contributed by atoms with van der Waals surface area (Å²) < 4.78 is 19.1. The molecule has 1 saturated heterocycles. The van der Waals surface area contributed by atoms with Crippen LogP contribution >= 0.6 is 0 Å². The van der Waals surface area contributed by atoms with Crippen LogP contribution in [0.2, 0.25) is 0 Å². The summed E-state index contributed by atoms with van der Waals surface area (Å²) in [5, 5.41) is 2.97. The molecule has 2 aromatic carbocycles. The van der Waals surface area contributed by atoms with Gasteiger partial charge in [-0.25, -0.2) is 4.39 Å². The van der Waals surface area contributed by atoms with E-state index in [1.54, 1.807) is 36.3 Å². The quantitative estimate of drug-likeness (QED) is 0.888. The van der Waals surface area contributed by atoms with Crippen molar-refractivity contribution in [3.8, 4) is 5.75 Å². The van der Waals surface area contributed by atoms with E-state index in [2.05, 4.69) is 10.3 Å². The lowest BCUT2D eigenvalue weighted by molar-refractivity contribution is -0.115. The van der Waals surface area contributed by atoms with E-state index in [0.717, 1.165) is 0 Å². The second kappa shape index (κ2) is 7.07. The van der Waals surface area contributed by atoms with Crippen LogP contribution in [0.5, 0.6) is 5.75 Å². The summed E-state index contributed by atoms with van der Waals surface area (Å²) in [6.07, 6.45) is 0.957. The van der Waals surface area contributed by atoms with Crippen molar-refractivity contribution in [3.05, 3.63) is 65.5 Å². The first kappa shape index (κ1) is 18.2. The van der Waals surface area contributed by atoms with E-state index in [9.17, 15) is 14.0 Å². The van der Waals surface area contributed by atoms with Crippen molar-refractivity contribution < 1.29 is 18.7 Å². The second-order valence-electron chi connectivity index (χ2n) is 6.95. The molecule has 1 fully saturated rings. The standard InChI is InChI=1S/C21H20FN3O3/c1-28-15-6-4-5-14(13-15)18-19(26)24-21(23-18)9-11-25(12-10-21)20(27)16-7-2-3-8-17(16)22/h2-8,13H,9-12H2,1H3,(H,24,26). The summed E-state index contributed by atoms with van der Waals surface area (Å²) >= 11 is 0. The number of aliphatic imine (C=N–C) groups is 1. The van der Waals surface area contributed by atoms with Crippen LogP contribution in [-0.2, 0) is 4.79 Å². The molecule has 4 rings (SSSR count). The van der Waals surface area contributed by atoms with Gasteiger partial charge in [-0.05, 0) is 24.3 Å². The fraction of sp³-hybridized carbons (Fsp3) is 0.286. The summed E-state index contributed by atoms with van der Waals surface area (Å²) in [6.45, 7) is 0.782. The molecular formula is C21H20FN3O3. The second-order valence-corrected chi connectivity index (χ2v) is 6.95. The molecule has 1 N–H and O–H groups in total. The summed E-state index contributed by atoms with van der Waals surface area (Å²) in [7, 11) is 1.57. The van der Waals surface area contributed by atoms with Gasteiger partial charge in [-0.3, -0.25) is 14.6 Å². The van der Waals surface area contributed by atoms with Crippen LogP contribution < -0.4 is 10.1 Å². The zero-order valence-electron chi connectivity index (χ0n) is 15.4. The van der Waals surface area contributed by atoms with Crippen LogP contribution in [-0.4, -0.2) is 48.3 Å². The topological polar surface area (TPSA) is 71.0 Å². The Balaban J connectivity index is 1.51. The molecule has 2 aromatic rings. The molecular weight excluding hydrogens is 361 g/mol. The van der Waals surface area contributed by atoms with Gasteiger partial charge in [0.25, 0.3) is 11.8 Å². The summed E-state index contributed by atoms with van der Waals surface area (Å²) in [5.41, 5.74) is 0.405. The van der Waals surface area contributed by atoms with E-state index < -0.39 is 11.5 Å². The smallest absolute Gasteiger partial charge is 0.272 e. The summed E-state index contributed by atoms with van der Waals surface area (Å²) in [5.74, 6) is -0.448. The molecule has 0 aromatic heterocycles. The Morgan fingerprint density at radius 1 is 1.18 bits per heavy atom. The van der Waals surface area contributed by atoms with Gasteiger partial charge in [0.2, 0.25) is 0 Å². The maximum absolute atomic E-state index is 13.9. The number of benzene rings is 2. The average Bonchev–Trinajstić information content (AvgIpc) is 3.04. The zero-order valence-corrected chi connectivity index (χ0v) is 15.4. The first-order chi connectivity index (χ1) is 13.5. The van der Waals surface area contributed by atoms with Crippen molar-refractivity contribution in [1.82, 2.24) is 10.2 Å². The third-order valence-corrected chi connectivity index (χ3v) is 5.21. The van der Waals surface area contributed by atoms with Crippen LogP contribution in [0.3, 0.4) is 0 Å². The molecule has 0 aliphatic carbocycles. The number of methoxy groups -OCH3 is 1. The molecule has 144 valence electrons. The van der Waals surface area contributed by atoms with Gasteiger partial charge in [0.05, 0.1) is 12.7 Å². The number of amides is 2. The highest BCUT2D eigenvalue weighted by Gasteiger charge is 2.43. The number of halogens is 1. The van der Waals surface area contributed by atoms with E-state index in [-0.39, 0.29) is 17.4 Å². The number of rotatable bonds is 3. The molecule has 0 bridgehead atoms. The lowest BCUT2D eigenvalue weighted by Crippen LogP contribution is -2.52. The largest absolute Gasteiger partial charge is 0.497 e. The van der Waals surface area contributed by atoms with E-state index in [1.165, 1.54) is 12.1 Å². The van der Waals surface area contributed by atoms with Crippen molar-refractivity contribution >= 4 is 17.5 Å². The molecule has 28 heavy (non-hydrogen) atoms. The highest BCUT2D eigenvalue weighted by atomic mass is 19.1. The van der Waals surface area contributed by atoms with Crippen molar-refractivity contribution in [1.29, 1.82) is 0 Å². The number of piperidine rings is 1. The van der Waals surface area contributed by atoms with Gasteiger partial charge < -0.3 is 15.0 Å². The molecule has 1 spiro atoms. The van der Waals surface area contributed by atoms with Crippen molar-refractivity contribution in [2.45, 2.75) is 18.5 Å². The number of hydrogen-bond donors (Lipinski definition) is 1. The fourth-order valence-corrected chi connectivity index (χ4v) is 3.65. The Morgan fingerprint density at radius 3 is 2.64 bits per heavy atom. The molecule has 2 aliphatic rings. The molecule has 6 nitrogen and oxygen atoms in total. The fourth-order valence-electron chi connectivity index (χ4n) is 3.65. The monoisotopic (exact) mass is 381 g/mol. The summed E-state index contributed by atoms with van der Waals surface area (Å²) in [4.78, 5) is 31.4. The van der Waals surface area contributed by atoms with E-state index in [1.807, 2.05) is 12.1 Å². The SMILES string of the molecule is COc1cccc(C2=NC3(CCN(C(=O)c4ccccc4F)CC3)NC2=O)c1. The Hall–Kier alpha value is -3.22. The van der Waals surface area contributed by atoms with Crippen molar-refractivity contribution in [2.24, 2.45) is 4.99 Å². The minimum Gasteiger partial charge on any atom is -0.497 e. The maximum atomic E-state index is 13.9. The minimum atomic E-state index is -0.721. The number of ether oxygens (including phenoxy) is 1. The van der Waals surface area contributed by atoms with Gasteiger partial charge in [-0.1, -0.05) is 24.3 Å². The minimum absolute atomic E-state index is 0.0643. The van der Waals surface area contributed by atoms with Crippen LogP contribution in [0.1, 0.15) is 28.8 Å². The predicted octanol–water partition coefficient (Wildman–Crippen LogP) is 2.39. The van der Waals surface area contributed by atoms with Gasteiger partial charge in [0.15, 0.2) is 0 Å². The van der Waals surface area contributed by atoms with E-state index in [0.29, 0.717) is 43.0 Å². The van der Waals surface area contributed by atoms with Crippen LogP contribution in [0.15, 0.2) is 53.5 Å². The molecule has 0 radical (unpaired) electrons. The third-order valence-electron chi connectivity index (χ3n) is 5.21. The van der Waals surface area contributed by atoms with Crippen LogP contribution in [0.4, 0.5) is 4.39 Å². The molecule has 0 unspecified atom stereocenters. The molecule has 2 aliphatic heterocycles. The van der Waals surface area contributed by atoms with E-state index >= 15 is 0 Å². The number of carbonyl (C=O) groups is 2. The normalized spacial score (nSPS) is 18.0.